The lowest BCUT2D eigenvalue weighted by Crippen LogP contribution is -2.36. The summed E-state index contributed by atoms with van der Waals surface area (Å²) in [5.41, 5.74) is 6.63. The highest BCUT2D eigenvalue weighted by atomic mass is 19.1. The Morgan fingerprint density at radius 3 is 2.52 bits per heavy atom. The van der Waals surface area contributed by atoms with Gasteiger partial charge in [-0.15, -0.1) is 0 Å². The Labute approximate surface area is 135 Å². The molecule has 6 heteroatoms. The fourth-order valence-corrected chi connectivity index (χ4v) is 3.20. The number of aromatic nitrogens is 2. The standard InChI is InChI=1S/C17H23FN4O/c18-14-8-6-13(7-9-14)11-22(15-4-2-1-3-5-15)12-16-20-17(10-19)23-21-16/h6-9,15H,1-5,10-12,19H2. The molecular formula is C17H23FN4O. The van der Waals surface area contributed by atoms with Crippen LogP contribution in [0.25, 0.3) is 0 Å². The van der Waals surface area contributed by atoms with Crippen molar-refractivity contribution in [1.82, 2.24) is 15.0 Å². The van der Waals surface area contributed by atoms with Crippen molar-refractivity contribution in [1.29, 1.82) is 0 Å². The summed E-state index contributed by atoms with van der Waals surface area (Å²) in [6, 6.07) is 7.21. The predicted molar refractivity (Wildman–Crippen MR) is 84.7 cm³/mol. The van der Waals surface area contributed by atoms with E-state index in [-0.39, 0.29) is 12.4 Å². The van der Waals surface area contributed by atoms with Gasteiger partial charge in [0.2, 0.25) is 5.89 Å². The molecule has 2 aromatic rings. The van der Waals surface area contributed by atoms with Crippen LogP contribution in [-0.4, -0.2) is 21.1 Å². The van der Waals surface area contributed by atoms with Gasteiger partial charge in [-0.25, -0.2) is 4.39 Å². The highest BCUT2D eigenvalue weighted by Crippen LogP contribution is 2.25. The van der Waals surface area contributed by atoms with Gasteiger partial charge in [-0.05, 0) is 30.5 Å². The summed E-state index contributed by atoms with van der Waals surface area (Å²) in [4.78, 5) is 6.69. The molecule has 124 valence electrons. The molecule has 0 saturated heterocycles. The maximum absolute atomic E-state index is 13.1. The van der Waals surface area contributed by atoms with Crippen molar-refractivity contribution in [2.24, 2.45) is 5.73 Å². The highest BCUT2D eigenvalue weighted by Gasteiger charge is 2.23. The van der Waals surface area contributed by atoms with Crippen LogP contribution in [0.1, 0.15) is 49.4 Å². The van der Waals surface area contributed by atoms with E-state index in [0.717, 1.165) is 12.1 Å². The van der Waals surface area contributed by atoms with Gasteiger partial charge in [-0.3, -0.25) is 4.90 Å². The number of nitrogens with two attached hydrogens (primary N) is 1. The maximum Gasteiger partial charge on any atom is 0.240 e. The maximum atomic E-state index is 13.1. The number of hydrogen-bond donors (Lipinski definition) is 1. The fraction of sp³-hybridized carbons (Fsp3) is 0.529. The van der Waals surface area contributed by atoms with E-state index in [2.05, 4.69) is 15.0 Å². The quantitative estimate of drug-likeness (QED) is 0.887. The third-order valence-corrected chi connectivity index (χ3v) is 4.42. The van der Waals surface area contributed by atoms with Crippen molar-refractivity contribution in [2.75, 3.05) is 0 Å². The van der Waals surface area contributed by atoms with Crippen molar-refractivity contribution >= 4 is 0 Å². The molecule has 0 amide bonds. The van der Waals surface area contributed by atoms with Crippen LogP contribution in [-0.2, 0) is 19.6 Å². The first kappa shape index (κ1) is 16.1. The van der Waals surface area contributed by atoms with Crippen molar-refractivity contribution in [3.05, 3.63) is 47.4 Å². The second-order valence-electron chi connectivity index (χ2n) is 6.13. The normalized spacial score (nSPS) is 16.1. The highest BCUT2D eigenvalue weighted by molar-refractivity contribution is 5.16. The average molecular weight is 318 g/mol. The Morgan fingerprint density at radius 1 is 1.13 bits per heavy atom. The van der Waals surface area contributed by atoms with Crippen LogP contribution in [0.4, 0.5) is 4.39 Å². The third-order valence-electron chi connectivity index (χ3n) is 4.42. The molecule has 23 heavy (non-hydrogen) atoms. The van der Waals surface area contributed by atoms with Crippen LogP contribution in [0, 0.1) is 5.82 Å². The number of benzene rings is 1. The van der Waals surface area contributed by atoms with E-state index < -0.39 is 0 Å². The molecule has 2 N–H and O–H groups in total. The Hall–Kier alpha value is -1.79. The second kappa shape index (κ2) is 7.66. The van der Waals surface area contributed by atoms with Crippen LogP contribution >= 0.6 is 0 Å². The monoisotopic (exact) mass is 318 g/mol. The van der Waals surface area contributed by atoms with E-state index >= 15 is 0 Å². The molecule has 1 fully saturated rings. The van der Waals surface area contributed by atoms with E-state index in [9.17, 15) is 4.39 Å². The molecule has 0 bridgehead atoms. The summed E-state index contributed by atoms with van der Waals surface area (Å²) in [7, 11) is 0. The van der Waals surface area contributed by atoms with Gasteiger partial charge in [0.1, 0.15) is 5.82 Å². The molecule has 0 radical (unpaired) electrons. The van der Waals surface area contributed by atoms with Crippen LogP contribution in [0.3, 0.4) is 0 Å². The Bertz CT molecular complexity index is 607. The van der Waals surface area contributed by atoms with Crippen molar-refractivity contribution < 1.29 is 8.91 Å². The van der Waals surface area contributed by atoms with Crippen molar-refractivity contribution in [3.8, 4) is 0 Å². The smallest absolute Gasteiger partial charge is 0.240 e. The zero-order chi connectivity index (χ0) is 16.1. The van der Waals surface area contributed by atoms with Gasteiger partial charge in [-0.1, -0.05) is 36.6 Å². The van der Waals surface area contributed by atoms with Crippen LogP contribution in [0.15, 0.2) is 28.8 Å². The first-order valence-electron chi connectivity index (χ1n) is 8.24. The molecule has 0 unspecified atom stereocenters. The molecule has 5 nitrogen and oxygen atoms in total. The summed E-state index contributed by atoms with van der Waals surface area (Å²) >= 11 is 0. The molecule has 1 aliphatic carbocycles. The van der Waals surface area contributed by atoms with Gasteiger partial charge in [0, 0.05) is 12.6 Å². The van der Waals surface area contributed by atoms with Crippen LogP contribution < -0.4 is 5.73 Å². The zero-order valence-corrected chi connectivity index (χ0v) is 13.2. The average Bonchev–Trinajstić information content (AvgIpc) is 3.05. The first-order valence-corrected chi connectivity index (χ1v) is 8.24. The van der Waals surface area contributed by atoms with E-state index in [1.165, 1.54) is 44.2 Å². The van der Waals surface area contributed by atoms with Gasteiger partial charge in [0.25, 0.3) is 0 Å². The van der Waals surface area contributed by atoms with Gasteiger partial charge >= 0.3 is 0 Å². The molecule has 1 aromatic carbocycles. The minimum Gasteiger partial charge on any atom is -0.338 e. The lowest BCUT2D eigenvalue weighted by Gasteiger charge is -2.33. The SMILES string of the molecule is NCc1nc(CN(Cc2ccc(F)cc2)C2CCCCC2)no1. The molecule has 1 heterocycles. The summed E-state index contributed by atoms with van der Waals surface area (Å²) in [6.45, 7) is 1.65. The van der Waals surface area contributed by atoms with Gasteiger partial charge in [-0.2, -0.15) is 4.98 Å². The minimum atomic E-state index is -0.205. The number of rotatable bonds is 6. The van der Waals surface area contributed by atoms with E-state index in [0.29, 0.717) is 24.3 Å². The topological polar surface area (TPSA) is 68.2 Å². The summed E-state index contributed by atoms with van der Waals surface area (Å²) in [5, 5.41) is 4.01. The molecule has 0 spiro atoms. The van der Waals surface area contributed by atoms with Crippen molar-refractivity contribution in [3.63, 3.8) is 0 Å². The molecule has 0 atom stereocenters. The number of nitrogens with zero attached hydrogens (tertiary/aromatic N) is 3. The first-order chi connectivity index (χ1) is 11.2. The lowest BCUT2D eigenvalue weighted by molar-refractivity contribution is 0.135. The summed E-state index contributed by atoms with van der Waals surface area (Å²) in [5.74, 6) is 0.923. The molecule has 1 aliphatic rings. The van der Waals surface area contributed by atoms with Crippen LogP contribution in [0.5, 0.6) is 0 Å². The molecule has 3 rings (SSSR count). The van der Waals surface area contributed by atoms with E-state index in [4.69, 9.17) is 10.3 Å². The van der Waals surface area contributed by atoms with Gasteiger partial charge in [0.15, 0.2) is 5.82 Å². The largest absolute Gasteiger partial charge is 0.338 e. The Balaban J connectivity index is 1.73. The predicted octanol–water partition coefficient (Wildman–Crippen LogP) is 3.00. The number of hydrogen-bond acceptors (Lipinski definition) is 5. The summed E-state index contributed by atoms with van der Waals surface area (Å²) in [6.07, 6.45) is 6.18. The zero-order valence-electron chi connectivity index (χ0n) is 13.2. The number of halogens is 1. The molecular weight excluding hydrogens is 295 g/mol. The van der Waals surface area contributed by atoms with E-state index in [1.54, 1.807) is 0 Å². The molecule has 0 aliphatic heterocycles. The van der Waals surface area contributed by atoms with E-state index in [1.807, 2.05) is 12.1 Å². The van der Waals surface area contributed by atoms with Crippen molar-refractivity contribution in [2.45, 2.75) is 57.8 Å². The lowest BCUT2D eigenvalue weighted by atomic mass is 9.94. The van der Waals surface area contributed by atoms with Crippen LogP contribution in [0.2, 0.25) is 0 Å². The fourth-order valence-electron chi connectivity index (χ4n) is 3.20. The minimum absolute atomic E-state index is 0.205. The Kier molecular flexibility index (Phi) is 5.35. The third kappa shape index (κ3) is 4.36. The van der Waals surface area contributed by atoms with Gasteiger partial charge in [0.05, 0.1) is 13.1 Å². The molecule has 1 saturated carbocycles. The van der Waals surface area contributed by atoms with Gasteiger partial charge < -0.3 is 10.3 Å². The molecule has 1 aromatic heterocycles. The summed E-state index contributed by atoms with van der Waals surface area (Å²) < 4.78 is 18.2. The second-order valence-corrected chi connectivity index (χ2v) is 6.13. The Morgan fingerprint density at radius 2 is 1.87 bits per heavy atom.